The van der Waals surface area contributed by atoms with Crippen molar-refractivity contribution in [3.8, 4) is 11.4 Å². The normalized spacial score (nSPS) is 15.2. The molecule has 1 aliphatic rings. The van der Waals surface area contributed by atoms with Crippen LogP contribution in [0.25, 0.3) is 5.69 Å². The van der Waals surface area contributed by atoms with Crippen LogP contribution in [-0.2, 0) is 22.7 Å². The van der Waals surface area contributed by atoms with Crippen LogP contribution in [0.1, 0.15) is 17.5 Å². The van der Waals surface area contributed by atoms with E-state index < -0.39 is 46.7 Å². The van der Waals surface area contributed by atoms with Crippen molar-refractivity contribution >= 4 is 11.6 Å². The SMILES string of the molecule is COc1c(F)c(-n2c(=O)cc(C(F)(F)F)n(C)c2=O)cc(C2OCCO2)c1Cl. The molecular weight excluding hydrogens is 412 g/mol. The molecule has 0 aliphatic carbocycles. The maximum atomic E-state index is 14.9. The van der Waals surface area contributed by atoms with Gasteiger partial charge in [0.25, 0.3) is 5.56 Å². The molecule has 0 radical (unpaired) electrons. The van der Waals surface area contributed by atoms with Gasteiger partial charge in [0.2, 0.25) is 0 Å². The summed E-state index contributed by atoms with van der Waals surface area (Å²) in [6.07, 6.45) is -5.96. The summed E-state index contributed by atoms with van der Waals surface area (Å²) in [5.74, 6) is -1.71. The van der Waals surface area contributed by atoms with E-state index in [1.165, 1.54) is 0 Å². The van der Waals surface area contributed by atoms with Crippen LogP contribution in [0.5, 0.6) is 5.75 Å². The average Bonchev–Trinajstić information content (AvgIpc) is 3.14. The Balaban J connectivity index is 2.33. The molecule has 0 saturated carbocycles. The van der Waals surface area contributed by atoms with Crippen molar-refractivity contribution in [3.05, 3.63) is 55.1 Å². The molecular formula is C16H13ClF4N2O5. The minimum atomic E-state index is -4.95. The van der Waals surface area contributed by atoms with Crippen LogP contribution in [0.2, 0.25) is 5.02 Å². The molecule has 7 nitrogen and oxygen atoms in total. The van der Waals surface area contributed by atoms with Gasteiger partial charge in [0.05, 0.1) is 31.0 Å². The number of rotatable bonds is 3. The van der Waals surface area contributed by atoms with Crippen LogP contribution >= 0.6 is 11.6 Å². The highest BCUT2D eigenvalue weighted by atomic mass is 35.5. The van der Waals surface area contributed by atoms with Crippen molar-refractivity contribution in [2.24, 2.45) is 7.05 Å². The summed E-state index contributed by atoms with van der Waals surface area (Å²) >= 11 is 6.11. The van der Waals surface area contributed by atoms with Gasteiger partial charge in [0.1, 0.15) is 5.69 Å². The number of alkyl halides is 3. The third-order valence-electron chi connectivity index (χ3n) is 4.10. The van der Waals surface area contributed by atoms with Crippen LogP contribution < -0.4 is 16.0 Å². The topological polar surface area (TPSA) is 71.7 Å². The molecule has 3 rings (SSSR count). The molecule has 1 aromatic heterocycles. The Hall–Kier alpha value is -2.37. The smallest absolute Gasteiger partial charge is 0.431 e. The zero-order valence-electron chi connectivity index (χ0n) is 14.5. The highest BCUT2D eigenvalue weighted by Crippen LogP contribution is 2.40. The van der Waals surface area contributed by atoms with Crippen molar-refractivity contribution in [3.63, 3.8) is 0 Å². The number of ether oxygens (including phenoxy) is 3. The number of aromatic nitrogens is 2. The summed E-state index contributed by atoms with van der Waals surface area (Å²) in [4.78, 5) is 24.7. The molecule has 152 valence electrons. The number of halogens is 5. The monoisotopic (exact) mass is 424 g/mol. The van der Waals surface area contributed by atoms with E-state index >= 15 is 0 Å². The Morgan fingerprint density at radius 1 is 1.21 bits per heavy atom. The van der Waals surface area contributed by atoms with Crippen molar-refractivity contribution in [2.75, 3.05) is 20.3 Å². The molecule has 0 unspecified atom stereocenters. The average molecular weight is 425 g/mol. The molecule has 1 aliphatic heterocycles. The van der Waals surface area contributed by atoms with E-state index in [9.17, 15) is 27.2 Å². The van der Waals surface area contributed by atoms with E-state index in [1.807, 2.05) is 0 Å². The third kappa shape index (κ3) is 3.29. The minimum Gasteiger partial charge on any atom is -0.492 e. The zero-order chi connectivity index (χ0) is 20.8. The molecule has 1 saturated heterocycles. The largest absolute Gasteiger partial charge is 0.492 e. The lowest BCUT2D eigenvalue weighted by Crippen LogP contribution is -2.41. The second-order valence-electron chi connectivity index (χ2n) is 5.76. The summed E-state index contributed by atoms with van der Waals surface area (Å²) in [6, 6.07) is 1.20. The van der Waals surface area contributed by atoms with Crippen LogP contribution in [-0.4, -0.2) is 29.5 Å². The lowest BCUT2D eigenvalue weighted by molar-refractivity contribution is -0.144. The first-order valence-corrected chi connectivity index (χ1v) is 8.15. The maximum Gasteiger partial charge on any atom is 0.431 e. The van der Waals surface area contributed by atoms with Crippen molar-refractivity contribution in [1.82, 2.24) is 9.13 Å². The molecule has 2 heterocycles. The first-order valence-electron chi connectivity index (χ1n) is 7.77. The molecule has 0 atom stereocenters. The predicted octanol–water partition coefficient (Wildman–Crippen LogP) is 2.40. The highest BCUT2D eigenvalue weighted by Gasteiger charge is 2.36. The molecule has 2 aromatic rings. The summed E-state index contributed by atoms with van der Waals surface area (Å²) in [5, 5.41) is -0.215. The van der Waals surface area contributed by atoms with Gasteiger partial charge < -0.3 is 14.2 Å². The Kier molecular flexibility index (Phi) is 5.26. The maximum absolute atomic E-state index is 14.9. The molecule has 1 fully saturated rings. The van der Waals surface area contributed by atoms with E-state index in [1.54, 1.807) is 0 Å². The van der Waals surface area contributed by atoms with E-state index in [-0.39, 0.29) is 39.0 Å². The number of nitrogens with zero attached hydrogens (tertiary/aromatic N) is 2. The van der Waals surface area contributed by atoms with Crippen molar-refractivity contribution in [1.29, 1.82) is 0 Å². The van der Waals surface area contributed by atoms with E-state index in [4.69, 9.17) is 25.8 Å². The van der Waals surface area contributed by atoms with Gasteiger partial charge in [0, 0.05) is 18.7 Å². The first-order chi connectivity index (χ1) is 13.1. The summed E-state index contributed by atoms with van der Waals surface area (Å²) in [5.41, 5.74) is -4.83. The molecule has 28 heavy (non-hydrogen) atoms. The van der Waals surface area contributed by atoms with Crippen LogP contribution in [0.3, 0.4) is 0 Å². The Bertz CT molecular complexity index is 1040. The van der Waals surface area contributed by atoms with Crippen LogP contribution in [0, 0.1) is 5.82 Å². The number of methoxy groups -OCH3 is 1. The highest BCUT2D eigenvalue weighted by molar-refractivity contribution is 6.33. The van der Waals surface area contributed by atoms with Crippen LogP contribution in [0.4, 0.5) is 17.6 Å². The Morgan fingerprint density at radius 3 is 2.36 bits per heavy atom. The fraction of sp³-hybridized carbons (Fsp3) is 0.375. The van der Waals surface area contributed by atoms with E-state index in [0.29, 0.717) is 0 Å². The first kappa shape index (κ1) is 20.4. The molecule has 0 spiro atoms. The van der Waals surface area contributed by atoms with Crippen molar-refractivity contribution in [2.45, 2.75) is 12.5 Å². The summed E-state index contributed by atoms with van der Waals surface area (Å²) in [6.45, 7) is 0.441. The molecule has 1 aromatic carbocycles. The van der Waals surface area contributed by atoms with E-state index in [2.05, 4.69) is 0 Å². The minimum absolute atomic E-state index is 0.0567. The third-order valence-corrected chi connectivity index (χ3v) is 4.49. The molecule has 0 amide bonds. The van der Waals surface area contributed by atoms with Gasteiger partial charge >= 0.3 is 11.9 Å². The summed E-state index contributed by atoms with van der Waals surface area (Å²) in [7, 11) is 1.91. The van der Waals surface area contributed by atoms with Gasteiger partial charge in [-0.05, 0) is 6.07 Å². The van der Waals surface area contributed by atoms with E-state index in [0.717, 1.165) is 20.2 Å². The van der Waals surface area contributed by atoms with Gasteiger partial charge in [-0.1, -0.05) is 11.6 Å². The Labute approximate surface area is 159 Å². The number of benzene rings is 1. The van der Waals surface area contributed by atoms with Gasteiger partial charge in [-0.15, -0.1) is 0 Å². The van der Waals surface area contributed by atoms with Crippen LogP contribution in [0.15, 0.2) is 21.7 Å². The number of hydrogen-bond donors (Lipinski definition) is 0. The fourth-order valence-electron chi connectivity index (χ4n) is 2.79. The second-order valence-corrected chi connectivity index (χ2v) is 6.14. The van der Waals surface area contributed by atoms with Gasteiger partial charge in [-0.25, -0.2) is 13.8 Å². The zero-order valence-corrected chi connectivity index (χ0v) is 15.2. The van der Waals surface area contributed by atoms with Crippen molar-refractivity contribution < 1.29 is 31.8 Å². The Morgan fingerprint density at radius 2 is 1.82 bits per heavy atom. The molecule has 0 N–H and O–H groups in total. The standard InChI is InChI=1S/C16H13ClF4N2O5/c1-22-9(16(19,20)21)6-10(24)23(15(22)25)8-5-7(14-27-3-4-28-14)11(17)13(26-2)12(8)18/h5-6,14H,3-4H2,1-2H3. The summed E-state index contributed by atoms with van der Waals surface area (Å²) < 4.78 is 69.9. The molecule has 0 bridgehead atoms. The fourth-order valence-corrected chi connectivity index (χ4v) is 3.09. The number of hydrogen-bond acceptors (Lipinski definition) is 5. The quantitative estimate of drug-likeness (QED) is 0.708. The predicted molar refractivity (Wildman–Crippen MR) is 88.4 cm³/mol. The van der Waals surface area contributed by atoms with Gasteiger partial charge in [0.15, 0.2) is 17.9 Å². The molecule has 12 heteroatoms. The lowest BCUT2D eigenvalue weighted by atomic mass is 10.1. The van der Waals surface area contributed by atoms with Gasteiger partial charge in [-0.2, -0.15) is 13.2 Å². The van der Waals surface area contributed by atoms with Gasteiger partial charge in [-0.3, -0.25) is 9.36 Å². The second kappa shape index (κ2) is 7.22. The lowest BCUT2D eigenvalue weighted by Gasteiger charge is -2.19.